The normalized spacial score (nSPS) is 14.1. The summed E-state index contributed by atoms with van der Waals surface area (Å²) in [6, 6.07) is 6.65. The molecule has 0 bridgehead atoms. The Hall–Kier alpha value is -1.35. The fraction of sp³-hybridized carbons (Fsp3) is 0.250. The van der Waals surface area contributed by atoms with Gasteiger partial charge in [0.1, 0.15) is 10.8 Å². The van der Waals surface area contributed by atoms with Crippen LogP contribution in [0.2, 0.25) is 0 Å². The number of hydrogen-bond acceptors (Lipinski definition) is 3. The first-order valence-electron chi connectivity index (χ1n) is 5.16. The molecule has 0 saturated carbocycles. The second-order valence-electron chi connectivity index (χ2n) is 3.91. The zero-order valence-corrected chi connectivity index (χ0v) is 9.18. The molecule has 0 spiro atoms. The number of benzene rings is 1. The standard InChI is InChI=1S/C12H12N2S/c13-11-7-15-12(14-11)10-5-4-8-2-1-3-9(8)6-10/h4-7H,1-3,13H2. The number of nitrogen functional groups attached to an aromatic ring is 1. The Kier molecular flexibility index (Phi) is 1.99. The topological polar surface area (TPSA) is 38.9 Å². The van der Waals surface area contributed by atoms with E-state index in [4.69, 9.17) is 5.73 Å². The summed E-state index contributed by atoms with van der Waals surface area (Å²) in [6.07, 6.45) is 3.73. The van der Waals surface area contributed by atoms with Gasteiger partial charge in [0, 0.05) is 10.9 Å². The second kappa shape index (κ2) is 3.35. The fourth-order valence-electron chi connectivity index (χ4n) is 2.12. The summed E-state index contributed by atoms with van der Waals surface area (Å²) in [5.74, 6) is 0.621. The van der Waals surface area contributed by atoms with Gasteiger partial charge in [0.25, 0.3) is 0 Å². The van der Waals surface area contributed by atoms with Crippen LogP contribution in [0.3, 0.4) is 0 Å². The lowest BCUT2D eigenvalue weighted by atomic mass is 10.1. The summed E-state index contributed by atoms with van der Waals surface area (Å²) in [6.45, 7) is 0. The van der Waals surface area contributed by atoms with Crippen LogP contribution in [-0.2, 0) is 12.8 Å². The molecule has 1 aromatic heterocycles. The molecule has 3 heteroatoms. The van der Waals surface area contributed by atoms with Crippen LogP contribution in [0.1, 0.15) is 17.5 Å². The van der Waals surface area contributed by atoms with E-state index >= 15 is 0 Å². The van der Waals surface area contributed by atoms with Crippen LogP contribution in [0.5, 0.6) is 0 Å². The van der Waals surface area contributed by atoms with Crippen LogP contribution in [0.15, 0.2) is 23.6 Å². The molecule has 0 aliphatic heterocycles. The zero-order chi connectivity index (χ0) is 10.3. The molecule has 1 heterocycles. The van der Waals surface area contributed by atoms with Gasteiger partial charge in [-0.2, -0.15) is 0 Å². The first-order chi connectivity index (χ1) is 7.33. The van der Waals surface area contributed by atoms with Gasteiger partial charge in [-0.1, -0.05) is 12.1 Å². The summed E-state index contributed by atoms with van der Waals surface area (Å²) in [5, 5.41) is 2.92. The Morgan fingerprint density at radius 2 is 2.07 bits per heavy atom. The Morgan fingerprint density at radius 1 is 1.20 bits per heavy atom. The number of thiazole rings is 1. The molecule has 1 aliphatic rings. The van der Waals surface area contributed by atoms with Crippen molar-refractivity contribution in [3.8, 4) is 10.6 Å². The number of nitrogens with two attached hydrogens (primary N) is 1. The zero-order valence-electron chi connectivity index (χ0n) is 8.36. The van der Waals surface area contributed by atoms with Gasteiger partial charge in [-0.3, -0.25) is 0 Å². The van der Waals surface area contributed by atoms with E-state index in [9.17, 15) is 0 Å². The molecular formula is C12H12N2S. The van der Waals surface area contributed by atoms with Crippen LogP contribution in [0.4, 0.5) is 5.82 Å². The number of fused-ring (bicyclic) bond motifs is 1. The Balaban J connectivity index is 2.06. The van der Waals surface area contributed by atoms with Crippen molar-refractivity contribution < 1.29 is 0 Å². The van der Waals surface area contributed by atoms with Gasteiger partial charge in [0.2, 0.25) is 0 Å². The van der Waals surface area contributed by atoms with Crippen LogP contribution in [0.25, 0.3) is 10.6 Å². The Morgan fingerprint density at radius 3 is 2.87 bits per heavy atom. The molecule has 0 fully saturated rings. The third-order valence-electron chi connectivity index (χ3n) is 2.87. The molecule has 1 aliphatic carbocycles. The maximum Gasteiger partial charge on any atom is 0.135 e. The van der Waals surface area contributed by atoms with Gasteiger partial charge in [0.15, 0.2) is 0 Å². The summed E-state index contributed by atoms with van der Waals surface area (Å²) in [4.78, 5) is 4.30. The number of nitrogens with zero attached hydrogens (tertiary/aromatic N) is 1. The lowest BCUT2D eigenvalue weighted by Gasteiger charge is -2.01. The molecule has 0 atom stereocenters. The fourth-order valence-corrected chi connectivity index (χ4v) is 2.83. The van der Waals surface area contributed by atoms with Gasteiger partial charge in [0.05, 0.1) is 0 Å². The first-order valence-corrected chi connectivity index (χ1v) is 6.04. The predicted octanol–water partition coefficient (Wildman–Crippen LogP) is 2.88. The molecule has 76 valence electrons. The van der Waals surface area contributed by atoms with Gasteiger partial charge in [-0.05, 0) is 36.5 Å². The van der Waals surface area contributed by atoms with Crippen molar-refractivity contribution >= 4 is 17.2 Å². The number of rotatable bonds is 1. The molecule has 3 rings (SSSR count). The van der Waals surface area contributed by atoms with Gasteiger partial charge in [-0.15, -0.1) is 11.3 Å². The van der Waals surface area contributed by atoms with E-state index < -0.39 is 0 Å². The minimum absolute atomic E-state index is 0.621. The minimum Gasteiger partial charge on any atom is -0.383 e. The third kappa shape index (κ3) is 1.53. The molecule has 2 N–H and O–H groups in total. The smallest absolute Gasteiger partial charge is 0.135 e. The molecule has 0 amide bonds. The molecular weight excluding hydrogens is 204 g/mol. The maximum absolute atomic E-state index is 5.63. The molecule has 15 heavy (non-hydrogen) atoms. The molecule has 2 nitrogen and oxygen atoms in total. The average Bonchev–Trinajstić information content (AvgIpc) is 2.84. The molecule has 2 aromatic rings. The van der Waals surface area contributed by atoms with E-state index in [0.29, 0.717) is 5.82 Å². The lowest BCUT2D eigenvalue weighted by molar-refractivity contribution is 0.912. The van der Waals surface area contributed by atoms with Gasteiger partial charge < -0.3 is 5.73 Å². The molecule has 0 unspecified atom stereocenters. The van der Waals surface area contributed by atoms with Crippen molar-refractivity contribution in [1.29, 1.82) is 0 Å². The summed E-state index contributed by atoms with van der Waals surface area (Å²) < 4.78 is 0. The summed E-state index contributed by atoms with van der Waals surface area (Å²) in [5.41, 5.74) is 9.82. The SMILES string of the molecule is Nc1csc(-c2ccc3c(c2)CCC3)n1. The van der Waals surface area contributed by atoms with E-state index in [1.165, 1.54) is 36.0 Å². The van der Waals surface area contributed by atoms with Crippen molar-refractivity contribution in [2.24, 2.45) is 0 Å². The van der Waals surface area contributed by atoms with Crippen molar-refractivity contribution in [3.63, 3.8) is 0 Å². The first kappa shape index (κ1) is 8.92. The second-order valence-corrected chi connectivity index (χ2v) is 4.77. The minimum atomic E-state index is 0.621. The monoisotopic (exact) mass is 216 g/mol. The van der Waals surface area contributed by atoms with E-state index in [0.717, 1.165) is 5.01 Å². The van der Waals surface area contributed by atoms with Crippen molar-refractivity contribution in [2.45, 2.75) is 19.3 Å². The highest BCUT2D eigenvalue weighted by molar-refractivity contribution is 7.13. The van der Waals surface area contributed by atoms with E-state index in [-0.39, 0.29) is 0 Å². The van der Waals surface area contributed by atoms with E-state index in [1.807, 2.05) is 5.38 Å². The summed E-state index contributed by atoms with van der Waals surface area (Å²) >= 11 is 1.61. The van der Waals surface area contributed by atoms with E-state index in [1.54, 1.807) is 11.3 Å². The maximum atomic E-state index is 5.63. The highest BCUT2D eigenvalue weighted by Gasteiger charge is 2.12. The van der Waals surface area contributed by atoms with E-state index in [2.05, 4.69) is 23.2 Å². The molecule has 0 radical (unpaired) electrons. The Bertz CT molecular complexity index is 502. The highest BCUT2D eigenvalue weighted by Crippen LogP contribution is 2.30. The Labute approximate surface area is 92.8 Å². The average molecular weight is 216 g/mol. The molecule has 1 aromatic carbocycles. The lowest BCUT2D eigenvalue weighted by Crippen LogP contribution is -1.86. The number of hydrogen-bond donors (Lipinski definition) is 1. The predicted molar refractivity (Wildman–Crippen MR) is 64.0 cm³/mol. The third-order valence-corrected chi connectivity index (χ3v) is 3.78. The summed E-state index contributed by atoms with van der Waals surface area (Å²) in [7, 11) is 0. The quantitative estimate of drug-likeness (QED) is 0.796. The van der Waals surface area contributed by atoms with Crippen molar-refractivity contribution in [1.82, 2.24) is 4.98 Å². The van der Waals surface area contributed by atoms with Crippen LogP contribution >= 0.6 is 11.3 Å². The number of aromatic nitrogens is 1. The number of aryl methyl sites for hydroxylation is 2. The van der Waals surface area contributed by atoms with Crippen LogP contribution in [0, 0.1) is 0 Å². The van der Waals surface area contributed by atoms with Crippen molar-refractivity contribution in [2.75, 3.05) is 5.73 Å². The van der Waals surface area contributed by atoms with Gasteiger partial charge in [-0.25, -0.2) is 4.98 Å². The van der Waals surface area contributed by atoms with Crippen LogP contribution < -0.4 is 5.73 Å². The molecule has 0 saturated heterocycles. The number of anilines is 1. The largest absolute Gasteiger partial charge is 0.383 e. The van der Waals surface area contributed by atoms with Crippen molar-refractivity contribution in [3.05, 3.63) is 34.7 Å². The highest BCUT2D eigenvalue weighted by atomic mass is 32.1. The van der Waals surface area contributed by atoms with Gasteiger partial charge >= 0.3 is 0 Å². The van der Waals surface area contributed by atoms with Crippen LogP contribution in [-0.4, -0.2) is 4.98 Å².